The summed E-state index contributed by atoms with van der Waals surface area (Å²) in [5, 5.41) is 0. The summed E-state index contributed by atoms with van der Waals surface area (Å²) in [5.74, 6) is 0.844. The number of nitrogens with two attached hydrogens (primary N) is 2. The van der Waals surface area contributed by atoms with Gasteiger partial charge in [-0.25, -0.2) is 0 Å². The minimum atomic E-state index is -0.0813. The average Bonchev–Trinajstić information content (AvgIpc) is 2.26. The van der Waals surface area contributed by atoms with Gasteiger partial charge >= 0.3 is 0 Å². The molecule has 0 fully saturated rings. The Morgan fingerprint density at radius 2 is 1.83 bits per heavy atom. The van der Waals surface area contributed by atoms with Gasteiger partial charge in [0.25, 0.3) is 0 Å². The van der Waals surface area contributed by atoms with Gasteiger partial charge in [-0.05, 0) is 30.4 Å². The van der Waals surface area contributed by atoms with Crippen molar-refractivity contribution in [2.24, 2.45) is 11.5 Å². The lowest BCUT2D eigenvalue weighted by Crippen LogP contribution is -2.24. The van der Waals surface area contributed by atoms with E-state index in [4.69, 9.17) is 16.2 Å². The van der Waals surface area contributed by atoms with Crippen molar-refractivity contribution in [1.29, 1.82) is 0 Å². The fourth-order valence-electron chi connectivity index (χ4n) is 2.02. The molecule has 0 heterocycles. The van der Waals surface area contributed by atoms with Gasteiger partial charge < -0.3 is 16.2 Å². The van der Waals surface area contributed by atoms with E-state index in [9.17, 15) is 0 Å². The third-order valence-electron chi connectivity index (χ3n) is 3.12. The molecule has 2 atom stereocenters. The molecule has 0 bridgehead atoms. The second-order valence-electron chi connectivity index (χ2n) is 6.03. The fourth-order valence-corrected chi connectivity index (χ4v) is 2.02. The topological polar surface area (TPSA) is 61.3 Å². The molecule has 0 aromatic heterocycles. The van der Waals surface area contributed by atoms with Gasteiger partial charge in [0, 0.05) is 17.6 Å². The second kappa shape index (κ2) is 5.72. The minimum Gasteiger partial charge on any atom is -0.496 e. The summed E-state index contributed by atoms with van der Waals surface area (Å²) in [7, 11) is 1.67. The highest BCUT2D eigenvalue weighted by molar-refractivity contribution is 5.41. The number of hydrogen-bond acceptors (Lipinski definition) is 3. The molecule has 0 radical (unpaired) electrons. The highest BCUT2D eigenvalue weighted by Gasteiger charge is 2.19. The van der Waals surface area contributed by atoms with Crippen molar-refractivity contribution in [3.8, 4) is 5.75 Å². The summed E-state index contributed by atoms with van der Waals surface area (Å²) in [6, 6.07) is 6.24. The molecule has 2 unspecified atom stereocenters. The van der Waals surface area contributed by atoms with Crippen molar-refractivity contribution in [2.45, 2.75) is 51.6 Å². The maximum absolute atomic E-state index is 6.22. The molecule has 102 valence electrons. The molecule has 1 rings (SSSR count). The predicted molar refractivity (Wildman–Crippen MR) is 76.9 cm³/mol. The van der Waals surface area contributed by atoms with Gasteiger partial charge in [-0.2, -0.15) is 0 Å². The molecule has 18 heavy (non-hydrogen) atoms. The van der Waals surface area contributed by atoms with Gasteiger partial charge in [-0.1, -0.05) is 32.9 Å². The first kappa shape index (κ1) is 15.0. The largest absolute Gasteiger partial charge is 0.496 e. The Balaban J connectivity index is 3.14. The Bertz CT molecular complexity index is 394. The van der Waals surface area contributed by atoms with E-state index in [1.54, 1.807) is 7.11 Å². The van der Waals surface area contributed by atoms with Gasteiger partial charge in [0.15, 0.2) is 0 Å². The van der Waals surface area contributed by atoms with Crippen LogP contribution in [0.15, 0.2) is 18.2 Å². The lowest BCUT2D eigenvalue weighted by Gasteiger charge is -2.23. The Morgan fingerprint density at radius 1 is 1.22 bits per heavy atom. The van der Waals surface area contributed by atoms with Gasteiger partial charge in [0.1, 0.15) is 5.75 Å². The molecule has 0 aliphatic heterocycles. The van der Waals surface area contributed by atoms with Crippen molar-refractivity contribution < 1.29 is 4.74 Å². The van der Waals surface area contributed by atoms with Crippen LogP contribution in [0.5, 0.6) is 5.75 Å². The van der Waals surface area contributed by atoms with Gasteiger partial charge in [-0.15, -0.1) is 0 Å². The number of rotatable bonds is 4. The van der Waals surface area contributed by atoms with Gasteiger partial charge in [0.05, 0.1) is 7.11 Å². The first-order valence-corrected chi connectivity index (χ1v) is 6.45. The van der Waals surface area contributed by atoms with Crippen molar-refractivity contribution in [3.63, 3.8) is 0 Å². The lowest BCUT2D eigenvalue weighted by atomic mass is 9.84. The van der Waals surface area contributed by atoms with Crippen LogP contribution in [0, 0.1) is 0 Å². The van der Waals surface area contributed by atoms with Crippen molar-refractivity contribution >= 4 is 0 Å². The Labute approximate surface area is 111 Å². The van der Waals surface area contributed by atoms with Crippen LogP contribution in [0.4, 0.5) is 0 Å². The van der Waals surface area contributed by atoms with Crippen LogP contribution in [0.3, 0.4) is 0 Å². The molecule has 4 N–H and O–H groups in total. The van der Waals surface area contributed by atoms with Crippen LogP contribution in [-0.4, -0.2) is 13.2 Å². The van der Waals surface area contributed by atoms with Crippen LogP contribution in [0.1, 0.15) is 51.3 Å². The van der Waals surface area contributed by atoms with E-state index in [1.807, 2.05) is 13.0 Å². The van der Waals surface area contributed by atoms with E-state index < -0.39 is 0 Å². The quantitative estimate of drug-likeness (QED) is 0.863. The molecule has 0 amide bonds. The SMILES string of the molecule is COc1ccc(C(C)(C)C)cc1C(N)CC(C)N. The van der Waals surface area contributed by atoms with Crippen LogP contribution >= 0.6 is 0 Å². The van der Waals surface area contributed by atoms with Crippen molar-refractivity contribution in [2.75, 3.05) is 7.11 Å². The second-order valence-corrected chi connectivity index (χ2v) is 6.03. The number of hydrogen-bond donors (Lipinski definition) is 2. The number of benzene rings is 1. The highest BCUT2D eigenvalue weighted by Crippen LogP contribution is 2.32. The molecule has 0 saturated carbocycles. The van der Waals surface area contributed by atoms with Crippen LogP contribution in [-0.2, 0) is 5.41 Å². The minimum absolute atomic E-state index is 0.0813. The van der Waals surface area contributed by atoms with E-state index in [0.29, 0.717) is 0 Å². The summed E-state index contributed by atoms with van der Waals surface area (Å²) in [5.41, 5.74) is 14.5. The standard InChI is InChI=1S/C15H26N2O/c1-10(16)8-13(17)12-9-11(15(2,3)4)6-7-14(12)18-5/h6-7,9-10,13H,8,16-17H2,1-5H3. The third-order valence-corrected chi connectivity index (χ3v) is 3.12. The molecule has 1 aromatic rings. The van der Waals surface area contributed by atoms with Crippen molar-refractivity contribution in [3.05, 3.63) is 29.3 Å². The zero-order chi connectivity index (χ0) is 13.9. The average molecular weight is 250 g/mol. The molecule has 0 aliphatic carbocycles. The Hall–Kier alpha value is -1.06. The first-order chi connectivity index (χ1) is 8.25. The monoisotopic (exact) mass is 250 g/mol. The first-order valence-electron chi connectivity index (χ1n) is 6.45. The molecule has 0 aliphatic rings. The third kappa shape index (κ3) is 3.72. The normalized spacial score (nSPS) is 15.3. The smallest absolute Gasteiger partial charge is 0.123 e. The fraction of sp³-hybridized carbons (Fsp3) is 0.600. The highest BCUT2D eigenvalue weighted by atomic mass is 16.5. The van der Waals surface area contributed by atoms with E-state index in [1.165, 1.54) is 5.56 Å². The van der Waals surface area contributed by atoms with E-state index in [-0.39, 0.29) is 17.5 Å². The molecular weight excluding hydrogens is 224 g/mol. The van der Waals surface area contributed by atoms with Crippen molar-refractivity contribution in [1.82, 2.24) is 0 Å². The van der Waals surface area contributed by atoms with Gasteiger partial charge in [-0.3, -0.25) is 0 Å². The summed E-state index contributed by atoms with van der Waals surface area (Å²) < 4.78 is 5.39. The molecular formula is C15H26N2O. The zero-order valence-corrected chi connectivity index (χ0v) is 12.2. The molecule has 0 spiro atoms. The zero-order valence-electron chi connectivity index (χ0n) is 12.2. The number of methoxy groups -OCH3 is 1. The predicted octanol–water partition coefficient (Wildman–Crippen LogP) is 2.73. The molecule has 3 nitrogen and oxygen atoms in total. The molecule has 3 heteroatoms. The van der Waals surface area contributed by atoms with Crippen LogP contribution in [0.2, 0.25) is 0 Å². The maximum Gasteiger partial charge on any atom is 0.123 e. The Kier molecular flexibility index (Phi) is 4.77. The summed E-state index contributed by atoms with van der Waals surface area (Å²) >= 11 is 0. The van der Waals surface area contributed by atoms with E-state index in [0.717, 1.165) is 17.7 Å². The molecule has 0 saturated heterocycles. The molecule has 1 aromatic carbocycles. The number of ether oxygens (including phenoxy) is 1. The summed E-state index contributed by atoms with van der Waals surface area (Å²) in [6.45, 7) is 8.54. The van der Waals surface area contributed by atoms with Gasteiger partial charge in [0.2, 0.25) is 0 Å². The maximum atomic E-state index is 6.22. The Morgan fingerprint density at radius 3 is 2.28 bits per heavy atom. The summed E-state index contributed by atoms with van der Waals surface area (Å²) in [4.78, 5) is 0. The van der Waals surface area contributed by atoms with Crippen LogP contribution < -0.4 is 16.2 Å². The summed E-state index contributed by atoms with van der Waals surface area (Å²) in [6.07, 6.45) is 0.754. The van der Waals surface area contributed by atoms with E-state index in [2.05, 4.69) is 32.9 Å². The van der Waals surface area contributed by atoms with Crippen LogP contribution in [0.25, 0.3) is 0 Å². The van der Waals surface area contributed by atoms with E-state index >= 15 is 0 Å². The lowest BCUT2D eigenvalue weighted by molar-refractivity contribution is 0.401.